The zero-order valence-electron chi connectivity index (χ0n) is 15.9. The van der Waals surface area contributed by atoms with Crippen LogP contribution in [0.15, 0.2) is 45.7 Å². The lowest BCUT2D eigenvalue weighted by Crippen LogP contribution is -2.13. The predicted molar refractivity (Wildman–Crippen MR) is 105 cm³/mol. The second-order valence-corrected chi connectivity index (χ2v) is 7.39. The quantitative estimate of drug-likeness (QED) is 0.509. The van der Waals surface area contributed by atoms with Crippen molar-refractivity contribution < 1.29 is 18.0 Å². The molecular weight excluding hydrogens is 394 g/mol. The number of hydrogen-bond donors (Lipinski definition) is 1. The van der Waals surface area contributed by atoms with E-state index in [1.165, 1.54) is 18.3 Å². The molecule has 0 radical (unpaired) electrons. The van der Waals surface area contributed by atoms with Gasteiger partial charge in [0.1, 0.15) is 16.8 Å². The summed E-state index contributed by atoms with van der Waals surface area (Å²) in [5, 5.41) is 7.40. The Morgan fingerprint density at radius 3 is 2.80 bits per heavy atom. The minimum Gasteiger partial charge on any atom is -0.423 e. The Morgan fingerprint density at radius 1 is 1.27 bits per heavy atom. The van der Waals surface area contributed by atoms with Crippen LogP contribution in [0.3, 0.4) is 0 Å². The van der Waals surface area contributed by atoms with E-state index >= 15 is 0 Å². The summed E-state index contributed by atoms with van der Waals surface area (Å²) in [7, 11) is 0. The monoisotopic (exact) mass is 410 g/mol. The number of anilines is 1. The lowest BCUT2D eigenvalue weighted by molar-refractivity contribution is 0.102. The van der Waals surface area contributed by atoms with Crippen LogP contribution >= 0.6 is 0 Å². The number of carbonyl (C=O) groups excluding carboxylic acids is 1. The molecule has 0 saturated heterocycles. The summed E-state index contributed by atoms with van der Waals surface area (Å²) in [6.45, 7) is 1.79. The molecule has 1 aliphatic carbocycles. The first-order chi connectivity index (χ1) is 14.4. The highest BCUT2D eigenvalue weighted by Crippen LogP contribution is 2.40. The highest BCUT2D eigenvalue weighted by atomic mass is 19.3. The molecule has 0 spiro atoms. The van der Waals surface area contributed by atoms with Gasteiger partial charge < -0.3 is 9.73 Å². The minimum atomic E-state index is -2.74. The van der Waals surface area contributed by atoms with Gasteiger partial charge in [0.25, 0.3) is 12.3 Å². The van der Waals surface area contributed by atoms with Crippen LogP contribution in [-0.4, -0.2) is 20.5 Å². The van der Waals surface area contributed by atoms with Gasteiger partial charge in [0, 0.05) is 34.8 Å². The molecule has 152 valence electrons. The average molecular weight is 410 g/mol. The van der Waals surface area contributed by atoms with E-state index in [1.807, 2.05) is 0 Å². The van der Waals surface area contributed by atoms with E-state index in [1.54, 1.807) is 25.1 Å². The van der Waals surface area contributed by atoms with Gasteiger partial charge >= 0.3 is 5.63 Å². The van der Waals surface area contributed by atoms with Gasteiger partial charge in [-0.15, -0.1) is 0 Å². The molecule has 4 aromatic rings. The number of amides is 1. The Morgan fingerprint density at radius 2 is 2.07 bits per heavy atom. The summed E-state index contributed by atoms with van der Waals surface area (Å²) >= 11 is 0. The van der Waals surface area contributed by atoms with E-state index in [4.69, 9.17) is 4.42 Å². The maximum atomic E-state index is 13.5. The Hall–Kier alpha value is -3.62. The number of nitrogens with one attached hydrogen (secondary N) is 1. The smallest absolute Gasteiger partial charge is 0.336 e. The van der Waals surface area contributed by atoms with Crippen molar-refractivity contribution in [2.45, 2.75) is 32.1 Å². The molecule has 0 bridgehead atoms. The Bertz CT molecular complexity index is 1370. The third-order valence-corrected chi connectivity index (χ3v) is 5.19. The third-order valence-electron chi connectivity index (χ3n) is 5.19. The Labute approximate surface area is 168 Å². The first-order valence-corrected chi connectivity index (χ1v) is 9.43. The molecule has 0 unspecified atom stereocenters. The number of alkyl halides is 2. The van der Waals surface area contributed by atoms with Crippen LogP contribution in [0, 0.1) is 6.92 Å². The summed E-state index contributed by atoms with van der Waals surface area (Å²) < 4.78 is 33.2. The first-order valence-electron chi connectivity index (χ1n) is 9.43. The van der Waals surface area contributed by atoms with Gasteiger partial charge in [-0.1, -0.05) is 0 Å². The second kappa shape index (κ2) is 6.72. The number of aromatic nitrogens is 3. The van der Waals surface area contributed by atoms with Crippen molar-refractivity contribution in [1.29, 1.82) is 0 Å². The van der Waals surface area contributed by atoms with E-state index in [0.717, 1.165) is 28.3 Å². The van der Waals surface area contributed by atoms with Crippen LogP contribution in [0.4, 0.5) is 14.5 Å². The summed E-state index contributed by atoms with van der Waals surface area (Å²) in [5.41, 5.74) is 1.46. The molecule has 3 heterocycles. The van der Waals surface area contributed by atoms with Gasteiger partial charge in [0.2, 0.25) is 0 Å². The zero-order chi connectivity index (χ0) is 21.0. The van der Waals surface area contributed by atoms with Gasteiger partial charge in [-0.25, -0.2) is 23.1 Å². The van der Waals surface area contributed by atoms with Crippen molar-refractivity contribution >= 4 is 28.2 Å². The Balaban J connectivity index is 1.53. The second-order valence-electron chi connectivity index (χ2n) is 7.39. The maximum Gasteiger partial charge on any atom is 0.336 e. The van der Waals surface area contributed by atoms with Crippen molar-refractivity contribution in [2.75, 3.05) is 5.32 Å². The number of rotatable bonds is 4. The molecule has 9 heteroatoms. The summed E-state index contributed by atoms with van der Waals surface area (Å²) in [6, 6.07) is 7.70. The molecule has 7 nitrogen and oxygen atoms in total. The van der Waals surface area contributed by atoms with E-state index < -0.39 is 18.0 Å². The molecule has 3 aromatic heterocycles. The van der Waals surface area contributed by atoms with Crippen LogP contribution in [0.1, 0.15) is 52.5 Å². The van der Waals surface area contributed by atoms with Crippen LogP contribution in [-0.2, 0) is 0 Å². The fraction of sp³-hybridized carbons (Fsp3) is 0.238. The fourth-order valence-corrected chi connectivity index (χ4v) is 3.51. The molecule has 1 fully saturated rings. The lowest BCUT2D eigenvalue weighted by Gasteiger charge is -2.08. The van der Waals surface area contributed by atoms with Crippen molar-refractivity contribution in [3.05, 3.63) is 69.5 Å². The number of fused-ring (bicyclic) bond motifs is 2. The molecule has 1 aliphatic rings. The molecule has 30 heavy (non-hydrogen) atoms. The predicted octanol–water partition coefficient (Wildman–Crippen LogP) is 4.21. The number of halogens is 2. The lowest BCUT2D eigenvalue weighted by atomic mass is 10.1. The number of aryl methyl sites for hydroxylation is 1. The van der Waals surface area contributed by atoms with Crippen molar-refractivity contribution in [1.82, 2.24) is 14.6 Å². The van der Waals surface area contributed by atoms with E-state index in [9.17, 15) is 18.4 Å². The van der Waals surface area contributed by atoms with Crippen LogP contribution in [0.2, 0.25) is 0 Å². The number of benzene rings is 1. The van der Waals surface area contributed by atoms with Crippen molar-refractivity contribution in [3.8, 4) is 0 Å². The molecular formula is C21H16F2N4O3. The summed E-state index contributed by atoms with van der Waals surface area (Å²) in [6.07, 6.45) is 0.272. The largest absolute Gasteiger partial charge is 0.423 e. The van der Waals surface area contributed by atoms with Gasteiger partial charge in [0.15, 0.2) is 5.65 Å². The first kappa shape index (κ1) is 18.4. The van der Waals surface area contributed by atoms with Gasteiger partial charge in [-0.05, 0) is 43.5 Å². The average Bonchev–Trinajstić information content (AvgIpc) is 3.45. The SMILES string of the molecule is Cc1cc(=O)oc2cc(NC(=O)c3cnn4c(C(F)F)cc(C5CC5)nc34)ccc12. The molecule has 1 saturated carbocycles. The van der Waals surface area contributed by atoms with Gasteiger partial charge in [-0.3, -0.25) is 4.79 Å². The van der Waals surface area contributed by atoms with E-state index in [0.29, 0.717) is 17.0 Å². The zero-order valence-corrected chi connectivity index (χ0v) is 15.9. The van der Waals surface area contributed by atoms with Crippen molar-refractivity contribution in [3.63, 3.8) is 0 Å². The molecule has 0 atom stereocenters. The summed E-state index contributed by atoms with van der Waals surface area (Å²) in [4.78, 5) is 28.9. The number of carbonyl (C=O) groups is 1. The van der Waals surface area contributed by atoms with Crippen LogP contribution < -0.4 is 10.9 Å². The van der Waals surface area contributed by atoms with Gasteiger partial charge in [-0.2, -0.15) is 5.10 Å². The van der Waals surface area contributed by atoms with Crippen molar-refractivity contribution in [2.24, 2.45) is 0 Å². The summed E-state index contributed by atoms with van der Waals surface area (Å²) in [5.74, 6) is -0.398. The standard InChI is InChI=1S/C21H16F2N4O3/c1-10-6-18(28)30-17-7-12(4-5-13(10)17)25-21(29)14-9-24-27-16(19(22)23)8-15(11-2-3-11)26-20(14)27/h4-9,11,19H,2-3H2,1H3,(H,25,29). The van der Waals surface area contributed by atoms with Crippen LogP contribution in [0.5, 0.6) is 0 Å². The molecule has 0 aliphatic heterocycles. The maximum absolute atomic E-state index is 13.5. The van der Waals surface area contributed by atoms with Crippen LogP contribution in [0.25, 0.3) is 16.6 Å². The third kappa shape index (κ3) is 3.12. The highest BCUT2D eigenvalue weighted by molar-refractivity contribution is 6.08. The Kier molecular flexibility index (Phi) is 4.12. The van der Waals surface area contributed by atoms with Gasteiger partial charge in [0.05, 0.1) is 6.20 Å². The molecule has 5 rings (SSSR count). The molecule has 1 aromatic carbocycles. The minimum absolute atomic E-state index is 0.0881. The van der Waals surface area contributed by atoms with E-state index in [2.05, 4.69) is 15.4 Å². The van der Waals surface area contributed by atoms with E-state index in [-0.39, 0.29) is 22.8 Å². The molecule has 1 N–H and O–H groups in total. The number of hydrogen-bond acceptors (Lipinski definition) is 5. The number of nitrogens with zero attached hydrogens (tertiary/aromatic N) is 3. The normalized spacial score (nSPS) is 14.0. The highest BCUT2D eigenvalue weighted by Gasteiger charge is 2.29. The fourth-order valence-electron chi connectivity index (χ4n) is 3.51. The molecule has 1 amide bonds. The topological polar surface area (TPSA) is 89.5 Å².